The molecule has 0 aromatic heterocycles. The SMILES string of the molecule is C=C(C)C1C=CC(C)(CC)[C@@](C)(C(=O)O)C1. The fraction of sp³-hybridized carbons (Fsp3) is 0.643. The number of hydrogen-bond donors (Lipinski definition) is 1. The number of carbonyl (C=O) groups is 1. The van der Waals surface area contributed by atoms with Gasteiger partial charge in [0.15, 0.2) is 0 Å². The quantitative estimate of drug-likeness (QED) is 0.740. The zero-order valence-corrected chi connectivity index (χ0v) is 10.7. The Kier molecular flexibility index (Phi) is 3.32. The predicted octanol–water partition coefficient (Wildman–Crippen LogP) is 3.65. The molecule has 0 radical (unpaired) electrons. The van der Waals surface area contributed by atoms with Gasteiger partial charge < -0.3 is 5.11 Å². The first-order valence-electron chi connectivity index (χ1n) is 5.85. The van der Waals surface area contributed by atoms with E-state index in [1.54, 1.807) is 0 Å². The second kappa shape index (κ2) is 4.08. The van der Waals surface area contributed by atoms with Gasteiger partial charge in [0.25, 0.3) is 0 Å². The van der Waals surface area contributed by atoms with Crippen molar-refractivity contribution >= 4 is 5.97 Å². The van der Waals surface area contributed by atoms with Crippen molar-refractivity contribution in [2.45, 2.75) is 40.5 Å². The summed E-state index contributed by atoms with van der Waals surface area (Å²) in [4.78, 5) is 11.6. The Morgan fingerprint density at radius 2 is 2.12 bits per heavy atom. The Labute approximate surface area is 98.1 Å². The van der Waals surface area contributed by atoms with Crippen LogP contribution in [0.3, 0.4) is 0 Å². The van der Waals surface area contributed by atoms with E-state index in [1.807, 2.05) is 27.7 Å². The zero-order valence-electron chi connectivity index (χ0n) is 10.7. The number of aliphatic carboxylic acids is 1. The van der Waals surface area contributed by atoms with Crippen LogP contribution in [0.25, 0.3) is 0 Å². The number of carboxylic acid groups (broad SMARTS) is 1. The van der Waals surface area contributed by atoms with Gasteiger partial charge in [-0.05, 0) is 32.6 Å². The molecule has 0 spiro atoms. The molecule has 0 bridgehead atoms. The van der Waals surface area contributed by atoms with E-state index in [4.69, 9.17) is 0 Å². The number of rotatable bonds is 3. The molecule has 3 atom stereocenters. The molecule has 2 unspecified atom stereocenters. The summed E-state index contributed by atoms with van der Waals surface area (Å²) < 4.78 is 0. The van der Waals surface area contributed by atoms with E-state index in [2.05, 4.69) is 18.7 Å². The second-order valence-corrected chi connectivity index (χ2v) is 5.42. The molecule has 0 saturated carbocycles. The maximum Gasteiger partial charge on any atom is 0.310 e. The molecule has 16 heavy (non-hydrogen) atoms. The molecule has 1 rings (SSSR count). The molecule has 90 valence electrons. The van der Waals surface area contributed by atoms with Crippen LogP contribution in [0.1, 0.15) is 40.5 Å². The van der Waals surface area contributed by atoms with E-state index < -0.39 is 11.4 Å². The van der Waals surface area contributed by atoms with Gasteiger partial charge in [0.2, 0.25) is 0 Å². The number of carboxylic acids is 1. The molecule has 0 saturated heterocycles. The molecule has 1 N–H and O–H groups in total. The fourth-order valence-electron chi connectivity index (χ4n) is 2.43. The number of hydrogen-bond acceptors (Lipinski definition) is 1. The Bertz CT molecular complexity index is 343. The van der Waals surface area contributed by atoms with E-state index in [9.17, 15) is 9.90 Å². The molecule has 2 nitrogen and oxygen atoms in total. The summed E-state index contributed by atoms with van der Waals surface area (Å²) in [6.45, 7) is 11.8. The third-order valence-electron chi connectivity index (χ3n) is 4.42. The monoisotopic (exact) mass is 222 g/mol. The number of allylic oxidation sites excluding steroid dienone is 3. The van der Waals surface area contributed by atoms with Gasteiger partial charge in [-0.15, -0.1) is 0 Å². The Hall–Kier alpha value is -1.05. The van der Waals surface area contributed by atoms with E-state index in [-0.39, 0.29) is 11.3 Å². The van der Waals surface area contributed by atoms with Gasteiger partial charge in [-0.2, -0.15) is 0 Å². The van der Waals surface area contributed by atoms with Gasteiger partial charge in [0.1, 0.15) is 0 Å². The van der Waals surface area contributed by atoms with Gasteiger partial charge >= 0.3 is 5.97 Å². The molecule has 2 heteroatoms. The smallest absolute Gasteiger partial charge is 0.310 e. The Morgan fingerprint density at radius 1 is 1.56 bits per heavy atom. The van der Waals surface area contributed by atoms with Gasteiger partial charge in [-0.1, -0.05) is 38.2 Å². The largest absolute Gasteiger partial charge is 0.481 e. The van der Waals surface area contributed by atoms with Crippen LogP contribution in [0.4, 0.5) is 0 Å². The van der Waals surface area contributed by atoms with E-state index in [0.717, 1.165) is 12.0 Å². The minimum atomic E-state index is -0.701. The third kappa shape index (κ3) is 1.81. The lowest BCUT2D eigenvalue weighted by Crippen LogP contribution is -2.46. The second-order valence-electron chi connectivity index (χ2n) is 5.42. The average molecular weight is 222 g/mol. The van der Waals surface area contributed by atoms with Crippen LogP contribution in [0, 0.1) is 16.7 Å². The summed E-state index contributed by atoms with van der Waals surface area (Å²) in [5.41, 5.74) is 0.0899. The molecule has 0 heterocycles. The first-order valence-corrected chi connectivity index (χ1v) is 5.85. The van der Waals surface area contributed by atoms with Crippen molar-refractivity contribution in [1.82, 2.24) is 0 Å². The zero-order chi connectivity index (χ0) is 12.6. The summed E-state index contributed by atoms with van der Waals surface area (Å²) in [5, 5.41) is 9.50. The highest BCUT2D eigenvalue weighted by atomic mass is 16.4. The van der Waals surface area contributed by atoms with Crippen LogP contribution in [-0.2, 0) is 4.79 Å². The summed E-state index contributed by atoms with van der Waals surface area (Å²) >= 11 is 0. The average Bonchev–Trinajstić information content (AvgIpc) is 2.21. The van der Waals surface area contributed by atoms with Crippen molar-refractivity contribution in [3.05, 3.63) is 24.3 Å². The Morgan fingerprint density at radius 3 is 2.50 bits per heavy atom. The highest BCUT2D eigenvalue weighted by molar-refractivity contribution is 5.76. The van der Waals surface area contributed by atoms with Crippen LogP contribution in [0.5, 0.6) is 0 Å². The van der Waals surface area contributed by atoms with Crippen LogP contribution in [-0.4, -0.2) is 11.1 Å². The van der Waals surface area contributed by atoms with E-state index in [0.29, 0.717) is 6.42 Å². The van der Waals surface area contributed by atoms with Gasteiger partial charge in [0.05, 0.1) is 5.41 Å². The topological polar surface area (TPSA) is 37.3 Å². The molecule has 0 amide bonds. The van der Waals surface area contributed by atoms with Gasteiger partial charge in [-0.3, -0.25) is 4.79 Å². The molecule has 1 aliphatic rings. The minimum absolute atomic E-state index is 0.195. The van der Waals surface area contributed by atoms with Crippen LogP contribution < -0.4 is 0 Å². The van der Waals surface area contributed by atoms with Crippen LogP contribution >= 0.6 is 0 Å². The maximum absolute atomic E-state index is 11.6. The van der Waals surface area contributed by atoms with Crippen molar-refractivity contribution in [3.63, 3.8) is 0 Å². The first-order chi connectivity index (χ1) is 7.27. The summed E-state index contributed by atoms with van der Waals surface area (Å²) in [6.07, 6.45) is 5.69. The van der Waals surface area contributed by atoms with Crippen LogP contribution in [0.15, 0.2) is 24.3 Å². The van der Waals surface area contributed by atoms with Crippen molar-refractivity contribution in [3.8, 4) is 0 Å². The normalized spacial score (nSPS) is 38.4. The van der Waals surface area contributed by atoms with Crippen molar-refractivity contribution < 1.29 is 9.90 Å². The van der Waals surface area contributed by atoms with Gasteiger partial charge in [0, 0.05) is 5.41 Å². The first kappa shape index (κ1) is 13.0. The molecular formula is C14H22O2. The lowest BCUT2D eigenvalue weighted by Gasteiger charge is -2.46. The third-order valence-corrected chi connectivity index (χ3v) is 4.42. The summed E-state index contributed by atoms with van der Waals surface area (Å²) in [5.74, 6) is -0.506. The maximum atomic E-state index is 11.6. The minimum Gasteiger partial charge on any atom is -0.481 e. The molecule has 1 aliphatic carbocycles. The van der Waals surface area contributed by atoms with Crippen molar-refractivity contribution in [1.29, 1.82) is 0 Å². The molecular weight excluding hydrogens is 200 g/mol. The van der Waals surface area contributed by atoms with Crippen molar-refractivity contribution in [2.24, 2.45) is 16.7 Å². The molecule has 0 aliphatic heterocycles. The lowest BCUT2D eigenvalue weighted by atomic mass is 9.57. The molecule has 0 aromatic rings. The van der Waals surface area contributed by atoms with Crippen LogP contribution in [0.2, 0.25) is 0 Å². The Balaban J connectivity index is 3.18. The summed E-state index contributed by atoms with van der Waals surface area (Å²) in [7, 11) is 0. The van der Waals surface area contributed by atoms with E-state index >= 15 is 0 Å². The summed E-state index contributed by atoms with van der Waals surface area (Å²) in [6, 6.07) is 0. The predicted molar refractivity (Wildman–Crippen MR) is 66.2 cm³/mol. The molecule has 0 fully saturated rings. The van der Waals surface area contributed by atoms with Gasteiger partial charge in [-0.25, -0.2) is 0 Å². The molecule has 0 aromatic carbocycles. The highest BCUT2D eigenvalue weighted by Crippen LogP contribution is 2.51. The standard InChI is InChI=1S/C14H22O2/c1-6-13(4)8-7-11(10(2)3)9-14(13,5)12(15)16/h7-8,11H,2,6,9H2,1,3-5H3,(H,15,16)/t11?,13?,14-/m1/s1. The van der Waals surface area contributed by atoms with Crippen molar-refractivity contribution in [2.75, 3.05) is 0 Å². The van der Waals surface area contributed by atoms with E-state index in [1.165, 1.54) is 0 Å². The fourth-order valence-corrected chi connectivity index (χ4v) is 2.43. The highest BCUT2D eigenvalue weighted by Gasteiger charge is 2.50. The lowest BCUT2D eigenvalue weighted by molar-refractivity contribution is -0.156.